The van der Waals surface area contributed by atoms with E-state index in [1.54, 1.807) is 0 Å². The van der Waals surface area contributed by atoms with E-state index in [1.165, 1.54) is 30.2 Å². The van der Waals surface area contributed by atoms with Gasteiger partial charge in [-0.05, 0) is 73.0 Å². The summed E-state index contributed by atoms with van der Waals surface area (Å²) in [5.74, 6) is 0.814. The number of ether oxygens (including phenoxy) is 1. The van der Waals surface area contributed by atoms with Crippen molar-refractivity contribution in [2.75, 3.05) is 6.61 Å². The smallest absolute Gasteiger partial charge is 0.224 e. The van der Waals surface area contributed by atoms with E-state index in [4.69, 9.17) is 4.74 Å². The molecule has 0 aromatic heterocycles. The van der Waals surface area contributed by atoms with E-state index in [9.17, 15) is 4.79 Å². The zero-order chi connectivity index (χ0) is 16.5. The van der Waals surface area contributed by atoms with Gasteiger partial charge in [-0.1, -0.05) is 32.4 Å². The van der Waals surface area contributed by atoms with E-state index in [0.29, 0.717) is 12.2 Å². The van der Waals surface area contributed by atoms with Crippen molar-refractivity contribution in [2.45, 2.75) is 44.4 Å². The molecule has 2 rings (SSSR count). The van der Waals surface area contributed by atoms with Gasteiger partial charge in [0.1, 0.15) is 5.75 Å². The second-order valence-corrected chi connectivity index (χ2v) is 6.56. The molecule has 0 aliphatic carbocycles. The van der Waals surface area contributed by atoms with E-state index in [2.05, 4.69) is 26.0 Å². The number of rotatable bonds is 8. The van der Waals surface area contributed by atoms with Crippen molar-refractivity contribution in [3.05, 3.63) is 59.7 Å². The first-order valence-corrected chi connectivity index (χ1v) is 9.08. The fourth-order valence-electron chi connectivity index (χ4n) is 2.18. The number of carbonyl (C=O) groups excluding carboxylic acids is 1. The molecule has 0 unspecified atom stereocenters. The summed E-state index contributed by atoms with van der Waals surface area (Å²) >= 11 is 1.27. The molecule has 23 heavy (non-hydrogen) atoms. The van der Waals surface area contributed by atoms with Crippen molar-refractivity contribution in [3.8, 4) is 5.75 Å². The SMILES string of the molecule is CCCCc1ccc(SC(=O)c2ccc(OCCC)cc2)cc1. The third-order valence-electron chi connectivity index (χ3n) is 3.52. The molecule has 0 radical (unpaired) electrons. The molecule has 0 saturated heterocycles. The Kier molecular flexibility index (Phi) is 7.21. The van der Waals surface area contributed by atoms with Gasteiger partial charge in [0.25, 0.3) is 0 Å². The molecule has 2 aromatic rings. The van der Waals surface area contributed by atoms with Gasteiger partial charge in [-0.25, -0.2) is 0 Å². The molecule has 0 aliphatic heterocycles. The lowest BCUT2D eigenvalue weighted by atomic mass is 10.1. The summed E-state index contributed by atoms with van der Waals surface area (Å²) in [6.07, 6.45) is 4.49. The van der Waals surface area contributed by atoms with Crippen molar-refractivity contribution in [2.24, 2.45) is 0 Å². The molecule has 0 atom stereocenters. The summed E-state index contributed by atoms with van der Waals surface area (Å²) in [5, 5.41) is 0.0633. The van der Waals surface area contributed by atoms with E-state index in [0.717, 1.165) is 23.5 Å². The minimum atomic E-state index is 0.0633. The zero-order valence-corrected chi connectivity index (χ0v) is 14.7. The number of benzene rings is 2. The van der Waals surface area contributed by atoms with Crippen LogP contribution in [0.2, 0.25) is 0 Å². The number of hydrogen-bond acceptors (Lipinski definition) is 3. The van der Waals surface area contributed by atoms with Crippen LogP contribution in [0.3, 0.4) is 0 Å². The second kappa shape index (κ2) is 9.41. The minimum absolute atomic E-state index is 0.0633. The van der Waals surface area contributed by atoms with Gasteiger partial charge in [0.2, 0.25) is 5.12 Å². The Labute approximate surface area is 143 Å². The number of unbranched alkanes of at least 4 members (excludes halogenated alkanes) is 1. The molecule has 0 fully saturated rings. The average Bonchev–Trinajstić information content (AvgIpc) is 2.59. The summed E-state index contributed by atoms with van der Waals surface area (Å²) in [6.45, 7) is 4.97. The first kappa shape index (κ1) is 17.6. The molecular weight excluding hydrogens is 304 g/mol. The molecule has 0 aliphatic rings. The maximum atomic E-state index is 12.3. The summed E-state index contributed by atoms with van der Waals surface area (Å²) in [7, 11) is 0. The maximum absolute atomic E-state index is 12.3. The van der Waals surface area contributed by atoms with Gasteiger partial charge in [-0.2, -0.15) is 0 Å². The van der Waals surface area contributed by atoms with Crippen LogP contribution in [0.5, 0.6) is 5.75 Å². The van der Waals surface area contributed by atoms with E-state index in [1.807, 2.05) is 36.4 Å². The maximum Gasteiger partial charge on any atom is 0.224 e. The van der Waals surface area contributed by atoms with Gasteiger partial charge >= 0.3 is 0 Å². The van der Waals surface area contributed by atoms with Crippen LogP contribution in [0.15, 0.2) is 53.4 Å². The average molecular weight is 328 g/mol. The largest absolute Gasteiger partial charge is 0.494 e. The standard InChI is InChI=1S/C20H24O2S/c1-3-5-6-16-7-13-19(14-8-16)23-20(21)17-9-11-18(12-10-17)22-15-4-2/h7-14H,3-6,15H2,1-2H3. The second-order valence-electron chi connectivity index (χ2n) is 5.51. The zero-order valence-electron chi connectivity index (χ0n) is 13.9. The topological polar surface area (TPSA) is 26.3 Å². The van der Waals surface area contributed by atoms with Crippen molar-refractivity contribution < 1.29 is 9.53 Å². The van der Waals surface area contributed by atoms with Crippen LogP contribution in [0.25, 0.3) is 0 Å². The molecule has 3 heteroatoms. The van der Waals surface area contributed by atoms with Crippen LogP contribution in [-0.4, -0.2) is 11.7 Å². The number of carbonyl (C=O) groups is 1. The molecule has 2 nitrogen and oxygen atoms in total. The Hall–Kier alpha value is -1.74. The highest BCUT2D eigenvalue weighted by Gasteiger charge is 2.08. The highest BCUT2D eigenvalue weighted by atomic mass is 32.2. The lowest BCUT2D eigenvalue weighted by molar-refractivity contribution is 0.108. The summed E-state index contributed by atoms with van der Waals surface area (Å²) < 4.78 is 5.54. The van der Waals surface area contributed by atoms with Gasteiger partial charge in [0, 0.05) is 10.5 Å². The molecule has 0 spiro atoms. The van der Waals surface area contributed by atoms with Crippen molar-refractivity contribution in [1.29, 1.82) is 0 Å². The molecule has 0 bridgehead atoms. The first-order chi connectivity index (χ1) is 11.2. The molecule has 0 saturated carbocycles. The summed E-state index contributed by atoms with van der Waals surface area (Å²) in [4.78, 5) is 13.3. The third-order valence-corrected chi connectivity index (χ3v) is 4.44. The lowest BCUT2D eigenvalue weighted by Crippen LogP contribution is -1.97. The van der Waals surface area contributed by atoms with Crippen LogP contribution < -0.4 is 4.74 Å². The van der Waals surface area contributed by atoms with Crippen LogP contribution in [0.1, 0.15) is 49.0 Å². The van der Waals surface area contributed by atoms with Gasteiger partial charge in [0.15, 0.2) is 0 Å². The van der Waals surface area contributed by atoms with E-state index < -0.39 is 0 Å². The Morgan fingerprint density at radius 3 is 2.26 bits per heavy atom. The van der Waals surface area contributed by atoms with Crippen molar-refractivity contribution in [3.63, 3.8) is 0 Å². The Morgan fingerprint density at radius 1 is 0.957 bits per heavy atom. The van der Waals surface area contributed by atoms with Crippen LogP contribution in [0, 0.1) is 0 Å². The third kappa shape index (κ3) is 5.76. The molecule has 0 heterocycles. The van der Waals surface area contributed by atoms with Crippen molar-refractivity contribution >= 4 is 16.9 Å². The molecular formula is C20H24O2S. The predicted octanol–water partition coefficient (Wildman–Crippen LogP) is 5.75. The van der Waals surface area contributed by atoms with Gasteiger partial charge in [-0.15, -0.1) is 0 Å². The minimum Gasteiger partial charge on any atom is -0.494 e. The normalized spacial score (nSPS) is 10.5. The highest BCUT2D eigenvalue weighted by molar-refractivity contribution is 8.14. The highest BCUT2D eigenvalue weighted by Crippen LogP contribution is 2.24. The van der Waals surface area contributed by atoms with Gasteiger partial charge in [0.05, 0.1) is 6.61 Å². The van der Waals surface area contributed by atoms with Crippen LogP contribution in [0.4, 0.5) is 0 Å². The van der Waals surface area contributed by atoms with E-state index >= 15 is 0 Å². The lowest BCUT2D eigenvalue weighted by Gasteiger charge is -2.06. The number of thioether (sulfide) groups is 1. The summed E-state index contributed by atoms with van der Waals surface area (Å²) in [6, 6.07) is 15.7. The number of aryl methyl sites for hydroxylation is 1. The first-order valence-electron chi connectivity index (χ1n) is 8.27. The van der Waals surface area contributed by atoms with Crippen molar-refractivity contribution in [1.82, 2.24) is 0 Å². The summed E-state index contributed by atoms with van der Waals surface area (Å²) in [5.41, 5.74) is 2.04. The molecule has 2 aromatic carbocycles. The quantitative estimate of drug-likeness (QED) is 0.577. The fourth-order valence-corrected chi connectivity index (χ4v) is 2.92. The predicted molar refractivity (Wildman–Crippen MR) is 97.5 cm³/mol. The van der Waals surface area contributed by atoms with Gasteiger partial charge in [-0.3, -0.25) is 4.79 Å². The van der Waals surface area contributed by atoms with Gasteiger partial charge < -0.3 is 4.74 Å². The number of hydrogen-bond donors (Lipinski definition) is 0. The molecule has 122 valence electrons. The van der Waals surface area contributed by atoms with E-state index in [-0.39, 0.29) is 5.12 Å². The monoisotopic (exact) mass is 328 g/mol. The Morgan fingerprint density at radius 2 is 1.65 bits per heavy atom. The molecule has 0 N–H and O–H groups in total. The fraction of sp³-hybridized carbons (Fsp3) is 0.350. The van der Waals surface area contributed by atoms with Crippen LogP contribution in [-0.2, 0) is 6.42 Å². The Bertz CT molecular complexity index is 603. The molecule has 0 amide bonds. The van der Waals surface area contributed by atoms with Crippen LogP contribution >= 0.6 is 11.8 Å². The Balaban J connectivity index is 1.93.